The van der Waals surface area contributed by atoms with Crippen molar-refractivity contribution in [1.29, 1.82) is 0 Å². The van der Waals surface area contributed by atoms with E-state index in [1.807, 2.05) is 0 Å². The van der Waals surface area contributed by atoms with Crippen molar-refractivity contribution in [2.24, 2.45) is 0 Å². The molecule has 0 radical (unpaired) electrons. The van der Waals surface area contributed by atoms with E-state index in [1.165, 1.54) is 51.5 Å². The second-order valence-corrected chi connectivity index (χ2v) is 5.36. The number of hydrogen-bond donors (Lipinski definition) is 2. The van der Waals surface area contributed by atoms with Crippen LogP contribution in [0, 0.1) is 0 Å². The topological polar surface area (TPSA) is 24.1 Å². The minimum Gasteiger partial charge on any atom is -0.314 e. The van der Waals surface area contributed by atoms with Crippen LogP contribution in [0.2, 0.25) is 0 Å². The molecule has 0 aromatic carbocycles. The van der Waals surface area contributed by atoms with E-state index in [9.17, 15) is 0 Å². The molecule has 1 rings (SSSR count). The van der Waals surface area contributed by atoms with E-state index in [1.54, 1.807) is 0 Å². The molecule has 0 heterocycles. The second kappa shape index (κ2) is 8.08. The molecule has 0 aromatic rings. The largest absolute Gasteiger partial charge is 0.314 e. The van der Waals surface area contributed by atoms with Crippen molar-refractivity contribution in [3.05, 3.63) is 0 Å². The Hall–Kier alpha value is -0.0800. The first-order valence-corrected chi connectivity index (χ1v) is 7.25. The minimum absolute atomic E-state index is 0.704. The third-order valence-electron chi connectivity index (χ3n) is 3.65. The highest BCUT2D eigenvalue weighted by Gasteiger charge is 2.21. The standard InChI is InChI=1S/C14H30N2/c1-4-6-12(3)16-14-9-7-13(8-10-14)15-11-5-2/h12-16H,4-11H2,1-3H3. The third-order valence-corrected chi connectivity index (χ3v) is 3.65. The van der Waals surface area contributed by atoms with E-state index in [-0.39, 0.29) is 0 Å². The van der Waals surface area contributed by atoms with Crippen LogP contribution in [0.4, 0.5) is 0 Å². The molecule has 2 nitrogen and oxygen atoms in total. The van der Waals surface area contributed by atoms with Gasteiger partial charge in [0.1, 0.15) is 0 Å². The molecule has 1 saturated carbocycles. The Morgan fingerprint density at radius 1 is 1.00 bits per heavy atom. The molecule has 0 saturated heterocycles. The maximum Gasteiger partial charge on any atom is 0.00706 e. The lowest BCUT2D eigenvalue weighted by molar-refractivity contribution is 0.288. The van der Waals surface area contributed by atoms with Crippen molar-refractivity contribution in [3.8, 4) is 0 Å². The van der Waals surface area contributed by atoms with Gasteiger partial charge in [-0.1, -0.05) is 20.3 Å². The van der Waals surface area contributed by atoms with Crippen molar-refractivity contribution in [2.75, 3.05) is 6.54 Å². The van der Waals surface area contributed by atoms with Gasteiger partial charge in [0, 0.05) is 18.1 Å². The summed E-state index contributed by atoms with van der Waals surface area (Å²) < 4.78 is 0. The van der Waals surface area contributed by atoms with Crippen LogP contribution >= 0.6 is 0 Å². The van der Waals surface area contributed by atoms with Crippen molar-refractivity contribution in [1.82, 2.24) is 10.6 Å². The minimum atomic E-state index is 0.704. The van der Waals surface area contributed by atoms with E-state index < -0.39 is 0 Å². The van der Waals surface area contributed by atoms with Gasteiger partial charge in [0.05, 0.1) is 0 Å². The summed E-state index contributed by atoms with van der Waals surface area (Å²) in [6.07, 6.45) is 9.29. The van der Waals surface area contributed by atoms with Gasteiger partial charge in [-0.3, -0.25) is 0 Å². The molecular weight excluding hydrogens is 196 g/mol. The molecule has 0 aliphatic heterocycles. The van der Waals surface area contributed by atoms with E-state index in [4.69, 9.17) is 0 Å². The Morgan fingerprint density at radius 2 is 1.62 bits per heavy atom. The number of hydrogen-bond acceptors (Lipinski definition) is 2. The maximum atomic E-state index is 3.77. The molecule has 16 heavy (non-hydrogen) atoms. The lowest BCUT2D eigenvalue weighted by Gasteiger charge is -2.31. The fourth-order valence-corrected chi connectivity index (χ4v) is 2.73. The highest BCUT2D eigenvalue weighted by molar-refractivity contribution is 4.82. The van der Waals surface area contributed by atoms with Crippen molar-refractivity contribution in [3.63, 3.8) is 0 Å². The Morgan fingerprint density at radius 3 is 2.19 bits per heavy atom. The first kappa shape index (κ1) is 14.0. The molecule has 0 amide bonds. The van der Waals surface area contributed by atoms with Gasteiger partial charge in [-0.05, 0) is 52.0 Å². The Balaban J connectivity index is 2.11. The maximum absolute atomic E-state index is 3.77. The van der Waals surface area contributed by atoms with Crippen LogP contribution in [0.15, 0.2) is 0 Å². The summed E-state index contributed by atoms with van der Waals surface area (Å²) in [5, 5.41) is 7.41. The van der Waals surface area contributed by atoms with Crippen LogP contribution in [0.25, 0.3) is 0 Å². The fraction of sp³-hybridized carbons (Fsp3) is 1.00. The van der Waals surface area contributed by atoms with E-state index in [2.05, 4.69) is 31.4 Å². The zero-order chi connectivity index (χ0) is 11.8. The highest BCUT2D eigenvalue weighted by atomic mass is 15.0. The lowest BCUT2D eigenvalue weighted by Crippen LogP contribution is -2.43. The smallest absolute Gasteiger partial charge is 0.00706 e. The molecule has 96 valence electrons. The summed E-state index contributed by atoms with van der Waals surface area (Å²) in [5.41, 5.74) is 0. The summed E-state index contributed by atoms with van der Waals surface area (Å²) in [5.74, 6) is 0. The molecule has 1 aliphatic carbocycles. The zero-order valence-electron chi connectivity index (χ0n) is 11.4. The van der Waals surface area contributed by atoms with Crippen LogP contribution in [0.1, 0.15) is 65.7 Å². The Bertz CT molecular complexity index is 162. The predicted octanol–water partition coefficient (Wildman–Crippen LogP) is 3.08. The molecule has 2 N–H and O–H groups in total. The van der Waals surface area contributed by atoms with Crippen molar-refractivity contribution >= 4 is 0 Å². The van der Waals surface area contributed by atoms with Gasteiger partial charge in [0.2, 0.25) is 0 Å². The third kappa shape index (κ3) is 5.31. The number of rotatable bonds is 7. The summed E-state index contributed by atoms with van der Waals surface area (Å²) in [6, 6.07) is 2.27. The van der Waals surface area contributed by atoms with E-state index in [0.717, 1.165) is 12.1 Å². The highest BCUT2D eigenvalue weighted by Crippen LogP contribution is 2.19. The average molecular weight is 226 g/mol. The summed E-state index contributed by atoms with van der Waals surface area (Å²) in [4.78, 5) is 0. The molecule has 0 aromatic heterocycles. The first-order valence-electron chi connectivity index (χ1n) is 7.25. The summed E-state index contributed by atoms with van der Waals surface area (Å²) >= 11 is 0. The molecule has 1 unspecified atom stereocenters. The van der Waals surface area contributed by atoms with Gasteiger partial charge in [-0.2, -0.15) is 0 Å². The van der Waals surface area contributed by atoms with Crippen molar-refractivity contribution < 1.29 is 0 Å². The Kier molecular flexibility index (Phi) is 7.06. The van der Waals surface area contributed by atoms with Crippen LogP contribution in [0.3, 0.4) is 0 Å². The van der Waals surface area contributed by atoms with Crippen LogP contribution < -0.4 is 10.6 Å². The number of nitrogens with one attached hydrogen (secondary N) is 2. The van der Waals surface area contributed by atoms with Crippen molar-refractivity contribution in [2.45, 2.75) is 83.8 Å². The second-order valence-electron chi connectivity index (χ2n) is 5.36. The molecule has 0 bridgehead atoms. The van der Waals surface area contributed by atoms with Gasteiger partial charge in [0.15, 0.2) is 0 Å². The van der Waals surface area contributed by atoms with Crippen LogP contribution in [-0.4, -0.2) is 24.7 Å². The SMILES string of the molecule is CCCNC1CCC(NC(C)CCC)CC1. The summed E-state index contributed by atoms with van der Waals surface area (Å²) in [6.45, 7) is 8.02. The van der Waals surface area contributed by atoms with Crippen LogP contribution in [-0.2, 0) is 0 Å². The monoisotopic (exact) mass is 226 g/mol. The normalized spacial score (nSPS) is 27.9. The molecular formula is C14H30N2. The zero-order valence-corrected chi connectivity index (χ0v) is 11.4. The molecule has 1 fully saturated rings. The van der Waals surface area contributed by atoms with E-state index in [0.29, 0.717) is 6.04 Å². The average Bonchev–Trinajstić information content (AvgIpc) is 2.28. The fourth-order valence-electron chi connectivity index (χ4n) is 2.73. The van der Waals surface area contributed by atoms with Gasteiger partial charge in [-0.25, -0.2) is 0 Å². The molecule has 2 heteroatoms. The van der Waals surface area contributed by atoms with Gasteiger partial charge in [0.25, 0.3) is 0 Å². The van der Waals surface area contributed by atoms with Gasteiger partial charge >= 0.3 is 0 Å². The first-order chi connectivity index (χ1) is 7.76. The van der Waals surface area contributed by atoms with Gasteiger partial charge in [-0.15, -0.1) is 0 Å². The lowest BCUT2D eigenvalue weighted by atomic mass is 9.90. The summed E-state index contributed by atoms with van der Waals surface area (Å²) in [7, 11) is 0. The Labute approximate surface area is 102 Å². The molecule has 1 aliphatic rings. The van der Waals surface area contributed by atoms with E-state index >= 15 is 0 Å². The van der Waals surface area contributed by atoms with Gasteiger partial charge < -0.3 is 10.6 Å². The predicted molar refractivity (Wildman–Crippen MR) is 71.8 cm³/mol. The van der Waals surface area contributed by atoms with Crippen LogP contribution in [0.5, 0.6) is 0 Å². The molecule has 0 spiro atoms. The molecule has 1 atom stereocenters. The quantitative estimate of drug-likeness (QED) is 0.697.